The van der Waals surface area contributed by atoms with E-state index in [1.807, 2.05) is 38.2 Å². The number of nitrogens with two attached hydrogens (primary N) is 1. The third-order valence-corrected chi connectivity index (χ3v) is 3.76. The summed E-state index contributed by atoms with van der Waals surface area (Å²) < 4.78 is 11.7. The van der Waals surface area contributed by atoms with E-state index in [2.05, 4.69) is 5.32 Å². The molecule has 94 valence electrons. The van der Waals surface area contributed by atoms with Crippen molar-refractivity contribution in [2.45, 2.75) is 13.0 Å². The molecule has 0 aliphatic heterocycles. The van der Waals surface area contributed by atoms with Gasteiger partial charge in [-0.15, -0.1) is 0 Å². The first-order chi connectivity index (χ1) is 8.02. The second-order valence-corrected chi connectivity index (χ2v) is 5.47. The van der Waals surface area contributed by atoms with Crippen LogP contribution in [0.25, 0.3) is 0 Å². The van der Waals surface area contributed by atoms with Gasteiger partial charge in [0.15, 0.2) is 0 Å². The first kappa shape index (κ1) is 13.9. The van der Waals surface area contributed by atoms with Crippen LogP contribution >= 0.6 is 0 Å². The Hall–Kier alpha value is -1.20. The summed E-state index contributed by atoms with van der Waals surface area (Å²) >= 11 is 0. The zero-order valence-corrected chi connectivity index (χ0v) is 10.9. The minimum Gasteiger partial charge on any atom is -0.369 e. The van der Waals surface area contributed by atoms with Gasteiger partial charge in [0, 0.05) is 22.6 Å². The van der Waals surface area contributed by atoms with Crippen LogP contribution in [0.5, 0.6) is 0 Å². The van der Waals surface area contributed by atoms with Crippen LogP contribution in [0.15, 0.2) is 24.3 Å². The van der Waals surface area contributed by atoms with Gasteiger partial charge in [-0.1, -0.05) is 29.8 Å². The lowest BCUT2D eigenvalue weighted by atomic mass is 10.1. The van der Waals surface area contributed by atoms with Gasteiger partial charge in [-0.25, -0.2) is 0 Å². The molecule has 1 aromatic carbocycles. The lowest BCUT2D eigenvalue weighted by Gasteiger charge is -2.16. The van der Waals surface area contributed by atoms with Crippen LogP contribution in [0.1, 0.15) is 17.2 Å². The molecular formula is C12H18N2O2S. The van der Waals surface area contributed by atoms with Gasteiger partial charge in [0.1, 0.15) is 5.75 Å². The summed E-state index contributed by atoms with van der Waals surface area (Å²) in [6.07, 6.45) is 0. The Balaban J connectivity index is 2.72. The molecule has 4 nitrogen and oxygen atoms in total. The highest BCUT2D eigenvalue weighted by Crippen LogP contribution is 2.15. The van der Waals surface area contributed by atoms with Crippen LogP contribution < -0.4 is 11.1 Å². The van der Waals surface area contributed by atoms with Crippen molar-refractivity contribution in [3.05, 3.63) is 35.4 Å². The predicted molar refractivity (Wildman–Crippen MR) is 70.1 cm³/mol. The highest BCUT2D eigenvalue weighted by Gasteiger charge is 2.14. The fourth-order valence-electron chi connectivity index (χ4n) is 1.64. The van der Waals surface area contributed by atoms with Crippen molar-refractivity contribution in [2.75, 3.05) is 18.6 Å². The summed E-state index contributed by atoms with van der Waals surface area (Å²) in [5.41, 5.74) is 7.25. The first-order valence-corrected chi connectivity index (χ1v) is 6.89. The minimum absolute atomic E-state index is 0.0184. The van der Waals surface area contributed by atoms with E-state index in [0.717, 1.165) is 11.1 Å². The number of amides is 1. The lowest BCUT2D eigenvalue weighted by molar-refractivity contribution is -0.115. The van der Waals surface area contributed by atoms with Crippen molar-refractivity contribution in [1.29, 1.82) is 0 Å². The van der Waals surface area contributed by atoms with Crippen molar-refractivity contribution in [3.63, 3.8) is 0 Å². The van der Waals surface area contributed by atoms with Crippen LogP contribution in [-0.2, 0) is 15.6 Å². The normalized spacial score (nSPS) is 14.2. The molecule has 1 aromatic rings. The van der Waals surface area contributed by atoms with Gasteiger partial charge in [0.05, 0.1) is 0 Å². The molecule has 0 aliphatic carbocycles. The van der Waals surface area contributed by atoms with Crippen molar-refractivity contribution >= 4 is 16.7 Å². The summed E-state index contributed by atoms with van der Waals surface area (Å²) in [4.78, 5) is 10.7. The summed E-state index contributed by atoms with van der Waals surface area (Å²) in [6, 6.07) is 7.98. The molecule has 0 fully saturated rings. The van der Waals surface area contributed by atoms with E-state index in [9.17, 15) is 9.00 Å². The number of aryl methyl sites for hydroxylation is 1. The molecule has 0 saturated heterocycles. The molecule has 17 heavy (non-hydrogen) atoms. The molecule has 2 unspecified atom stereocenters. The van der Waals surface area contributed by atoms with E-state index in [1.54, 1.807) is 0 Å². The number of benzene rings is 1. The fourth-order valence-corrected chi connectivity index (χ4v) is 2.80. The second-order valence-electron chi connectivity index (χ2n) is 3.97. The molecule has 3 N–H and O–H groups in total. The topological polar surface area (TPSA) is 72.2 Å². The van der Waals surface area contributed by atoms with Crippen LogP contribution in [-0.4, -0.2) is 28.7 Å². The molecule has 0 spiro atoms. The third kappa shape index (κ3) is 4.66. The van der Waals surface area contributed by atoms with E-state index in [4.69, 9.17) is 5.73 Å². The maximum absolute atomic E-state index is 11.7. The Bertz CT molecular complexity index is 421. The standard InChI is InChI=1S/C12H18N2O2S/c1-9-4-3-5-10(6-9)11(14-2)7-17(16)8-12(13)15/h3-6,11,14H,7-8H2,1-2H3,(H2,13,15). The van der Waals surface area contributed by atoms with Gasteiger partial charge >= 0.3 is 0 Å². The van der Waals surface area contributed by atoms with Gasteiger partial charge in [-0.2, -0.15) is 0 Å². The highest BCUT2D eigenvalue weighted by molar-refractivity contribution is 7.85. The first-order valence-electron chi connectivity index (χ1n) is 5.40. The molecular weight excluding hydrogens is 236 g/mol. The van der Waals surface area contributed by atoms with Crippen molar-refractivity contribution < 1.29 is 9.00 Å². The molecule has 2 atom stereocenters. The molecule has 1 amide bonds. The second kappa shape index (κ2) is 6.51. The van der Waals surface area contributed by atoms with Crippen molar-refractivity contribution in [3.8, 4) is 0 Å². The van der Waals surface area contributed by atoms with Crippen molar-refractivity contribution in [2.24, 2.45) is 5.73 Å². The molecule has 1 rings (SSSR count). The van der Waals surface area contributed by atoms with E-state index >= 15 is 0 Å². The molecule has 0 heterocycles. The maximum atomic E-state index is 11.7. The number of primary amides is 1. The summed E-state index contributed by atoms with van der Waals surface area (Å²) in [7, 11) is 0.590. The SMILES string of the molecule is CNC(CS(=O)CC(N)=O)c1cccc(C)c1. The van der Waals surface area contributed by atoms with Crippen LogP contribution in [0.3, 0.4) is 0 Å². The minimum atomic E-state index is -1.22. The summed E-state index contributed by atoms with van der Waals surface area (Å²) in [6.45, 7) is 2.01. The Labute approximate surface area is 104 Å². The maximum Gasteiger partial charge on any atom is 0.230 e. The number of carbonyl (C=O) groups is 1. The number of hydrogen-bond donors (Lipinski definition) is 2. The zero-order chi connectivity index (χ0) is 12.8. The van der Waals surface area contributed by atoms with Crippen LogP contribution in [0.2, 0.25) is 0 Å². The Kier molecular flexibility index (Phi) is 5.31. The van der Waals surface area contributed by atoms with E-state index in [0.29, 0.717) is 5.75 Å². The number of carbonyl (C=O) groups excluding carboxylic acids is 1. The molecule has 0 bridgehead atoms. The van der Waals surface area contributed by atoms with Crippen molar-refractivity contribution in [1.82, 2.24) is 5.32 Å². The third-order valence-electron chi connectivity index (χ3n) is 2.45. The van der Waals surface area contributed by atoms with Crippen LogP contribution in [0, 0.1) is 6.92 Å². The number of rotatable bonds is 6. The number of nitrogens with one attached hydrogen (secondary N) is 1. The Morgan fingerprint density at radius 1 is 1.53 bits per heavy atom. The van der Waals surface area contributed by atoms with Gasteiger partial charge in [0.25, 0.3) is 0 Å². The Morgan fingerprint density at radius 3 is 2.76 bits per heavy atom. The summed E-state index contributed by atoms with van der Waals surface area (Å²) in [5, 5.41) is 3.10. The average molecular weight is 254 g/mol. The predicted octanol–water partition coefficient (Wildman–Crippen LogP) is 0.490. The van der Waals surface area contributed by atoms with E-state index in [1.165, 1.54) is 0 Å². The van der Waals surface area contributed by atoms with Gasteiger partial charge in [-0.05, 0) is 19.5 Å². The highest BCUT2D eigenvalue weighted by atomic mass is 32.2. The monoisotopic (exact) mass is 254 g/mol. The van der Waals surface area contributed by atoms with E-state index in [-0.39, 0.29) is 11.8 Å². The number of hydrogen-bond acceptors (Lipinski definition) is 3. The zero-order valence-electron chi connectivity index (χ0n) is 10.1. The molecule has 0 aliphatic rings. The molecule has 0 radical (unpaired) electrons. The summed E-state index contributed by atoms with van der Waals surface area (Å²) in [5.74, 6) is -0.213. The Morgan fingerprint density at radius 2 is 2.24 bits per heavy atom. The quantitative estimate of drug-likeness (QED) is 0.776. The van der Waals surface area contributed by atoms with Gasteiger partial charge in [0.2, 0.25) is 5.91 Å². The molecule has 5 heteroatoms. The smallest absolute Gasteiger partial charge is 0.230 e. The van der Waals surface area contributed by atoms with Gasteiger partial charge < -0.3 is 11.1 Å². The molecule has 0 saturated carbocycles. The van der Waals surface area contributed by atoms with Crippen LogP contribution in [0.4, 0.5) is 0 Å². The fraction of sp³-hybridized carbons (Fsp3) is 0.417. The average Bonchev–Trinajstić information content (AvgIpc) is 2.24. The largest absolute Gasteiger partial charge is 0.369 e. The van der Waals surface area contributed by atoms with Gasteiger partial charge in [-0.3, -0.25) is 9.00 Å². The van der Waals surface area contributed by atoms with E-state index < -0.39 is 16.7 Å². The molecule has 0 aromatic heterocycles. The lowest BCUT2D eigenvalue weighted by Crippen LogP contribution is -2.27.